The van der Waals surface area contributed by atoms with Gasteiger partial charge in [0.05, 0.1) is 17.9 Å². The van der Waals surface area contributed by atoms with Crippen molar-refractivity contribution < 1.29 is 0 Å². The van der Waals surface area contributed by atoms with Crippen LogP contribution >= 0.6 is 0 Å². The molecule has 0 saturated carbocycles. The lowest BCUT2D eigenvalue weighted by Crippen LogP contribution is -2.45. The third-order valence-electron chi connectivity index (χ3n) is 4.85. The first-order valence-corrected chi connectivity index (χ1v) is 6.73. The Bertz CT molecular complexity index is 402. The largest absolute Gasteiger partial charge is 0.300 e. The van der Waals surface area contributed by atoms with E-state index in [1.807, 2.05) is 17.9 Å². The van der Waals surface area contributed by atoms with Gasteiger partial charge in [-0.3, -0.25) is 16.0 Å². The van der Waals surface area contributed by atoms with Crippen molar-refractivity contribution in [1.82, 2.24) is 25.3 Å². The minimum Gasteiger partial charge on any atom is -0.300 e. The van der Waals surface area contributed by atoms with Crippen molar-refractivity contribution in [3.8, 4) is 0 Å². The minimum atomic E-state index is 0.168. The van der Waals surface area contributed by atoms with E-state index in [0.29, 0.717) is 5.92 Å². The monoisotopic (exact) mass is 250 g/mol. The molecule has 1 aromatic heterocycles. The van der Waals surface area contributed by atoms with Gasteiger partial charge in [-0.1, -0.05) is 5.21 Å². The molecular formula is C12H22N6. The number of hydrogen-bond donors (Lipinski definition) is 2. The van der Waals surface area contributed by atoms with Gasteiger partial charge in [-0.2, -0.15) is 0 Å². The third kappa shape index (κ3) is 1.84. The van der Waals surface area contributed by atoms with E-state index < -0.39 is 0 Å². The second kappa shape index (κ2) is 4.60. The smallest absolute Gasteiger partial charge is 0.0769 e. The van der Waals surface area contributed by atoms with Gasteiger partial charge in [-0.05, 0) is 38.6 Å². The Hall–Kier alpha value is -0.980. The fourth-order valence-corrected chi connectivity index (χ4v) is 3.77. The molecule has 2 saturated heterocycles. The highest BCUT2D eigenvalue weighted by Crippen LogP contribution is 2.41. The van der Waals surface area contributed by atoms with E-state index in [1.54, 1.807) is 0 Å². The molecule has 2 fully saturated rings. The summed E-state index contributed by atoms with van der Waals surface area (Å²) < 4.78 is 1.82. The SMILES string of the molecule is CN1C2CCC1CC(C(NN)c1cnnn1C)C2. The van der Waals surface area contributed by atoms with E-state index in [0.717, 1.165) is 17.8 Å². The molecule has 0 aliphatic carbocycles. The first-order chi connectivity index (χ1) is 8.70. The van der Waals surface area contributed by atoms with Crippen molar-refractivity contribution in [2.45, 2.75) is 43.8 Å². The van der Waals surface area contributed by atoms with E-state index in [4.69, 9.17) is 5.84 Å². The van der Waals surface area contributed by atoms with Crippen LogP contribution in [0.4, 0.5) is 0 Å². The number of rotatable bonds is 3. The van der Waals surface area contributed by atoms with Crippen molar-refractivity contribution in [1.29, 1.82) is 0 Å². The Morgan fingerprint density at radius 2 is 2.00 bits per heavy atom. The Kier molecular flexibility index (Phi) is 3.09. The molecule has 2 aliphatic rings. The van der Waals surface area contributed by atoms with Crippen LogP contribution in [0.2, 0.25) is 0 Å². The maximum Gasteiger partial charge on any atom is 0.0769 e. The van der Waals surface area contributed by atoms with Crippen molar-refractivity contribution in [2.75, 3.05) is 7.05 Å². The standard InChI is InChI=1S/C12H22N6/c1-17-9-3-4-10(17)6-8(5-9)12(15-13)11-7-14-16-18(11)2/h7-10,12,15H,3-6,13H2,1-2H3. The topological polar surface area (TPSA) is 72.0 Å². The summed E-state index contributed by atoms with van der Waals surface area (Å²) in [5.41, 5.74) is 4.07. The fourth-order valence-electron chi connectivity index (χ4n) is 3.77. The fraction of sp³-hybridized carbons (Fsp3) is 0.833. The highest BCUT2D eigenvalue weighted by atomic mass is 15.4. The van der Waals surface area contributed by atoms with Crippen molar-refractivity contribution in [3.63, 3.8) is 0 Å². The Morgan fingerprint density at radius 3 is 2.50 bits per heavy atom. The van der Waals surface area contributed by atoms with Crippen LogP contribution in [0, 0.1) is 5.92 Å². The molecule has 3 rings (SSSR count). The molecule has 3 unspecified atom stereocenters. The zero-order chi connectivity index (χ0) is 12.7. The molecule has 1 aromatic rings. The molecule has 3 atom stereocenters. The summed E-state index contributed by atoms with van der Waals surface area (Å²) in [5.74, 6) is 6.36. The summed E-state index contributed by atoms with van der Waals surface area (Å²) in [6.07, 6.45) is 6.92. The van der Waals surface area contributed by atoms with Gasteiger partial charge in [0.1, 0.15) is 0 Å². The molecular weight excluding hydrogens is 228 g/mol. The summed E-state index contributed by atoms with van der Waals surface area (Å²) in [4.78, 5) is 2.55. The van der Waals surface area contributed by atoms with Crippen LogP contribution in [0.1, 0.15) is 37.4 Å². The zero-order valence-corrected chi connectivity index (χ0v) is 11.1. The molecule has 0 amide bonds. The van der Waals surface area contributed by atoms with Crippen LogP contribution in [0.15, 0.2) is 6.20 Å². The van der Waals surface area contributed by atoms with Gasteiger partial charge in [0.25, 0.3) is 0 Å². The molecule has 3 N–H and O–H groups in total. The van der Waals surface area contributed by atoms with Crippen LogP contribution in [0.5, 0.6) is 0 Å². The summed E-state index contributed by atoms with van der Waals surface area (Å²) in [5, 5.41) is 7.97. The normalized spacial score (nSPS) is 33.8. The first-order valence-electron chi connectivity index (χ1n) is 6.73. The van der Waals surface area contributed by atoms with Crippen LogP contribution in [0.3, 0.4) is 0 Å². The summed E-state index contributed by atoms with van der Waals surface area (Å²) in [7, 11) is 4.19. The van der Waals surface area contributed by atoms with Gasteiger partial charge in [0.2, 0.25) is 0 Å². The first kappa shape index (κ1) is 12.1. The molecule has 0 spiro atoms. The number of hydrogen-bond acceptors (Lipinski definition) is 5. The predicted molar refractivity (Wildman–Crippen MR) is 68.4 cm³/mol. The van der Waals surface area contributed by atoms with Crippen LogP contribution in [-0.2, 0) is 7.05 Å². The summed E-state index contributed by atoms with van der Waals surface area (Å²) in [6, 6.07) is 1.62. The number of hydrazine groups is 1. The Morgan fingerprint density at radius 1 is 1.33 bits per heavy atom. The van der Waals surface area contributed by atoms with Crippen molar-refractivity contribution in [2.24, 2.45) is 18.8 Å². The zero-order valence-electron chi connectivity index (χ0n) is 11.1. The highest BCUT2D eigenvalue weighted by Gasteiger charge is 2.41. The molecule has 6 heteroatoms. The molecule has 2 bridgehead atoms. The van der Waals surface area contributed by atoms with Gasteiger partial charge < -0.3 is 4.90 Å². The number of nitrogens with zero attached hydrogens (tertiary/aromatic N) is 4. The number of nitrogens with two attached hydrogens (primary N) is 1. The van der Waals surface area contributed by atoms with Gasteiger partial charge in [0, 0.05) is 19.1 Å². The van der Waals surface area contributed by atoms with Gasteiger partial charge >= 0.3 is 0 Å². The summed E-state index contributed by atoms with van der Waals surface area (Å²) in [6.45, 7) is 0. The molecule has 100 valence electrons. The molecule has 2 aliphatic heterocycles. The Labute approximate surface area is 107 Å². The second-order valence-electron chi connectivity index (χ2n) is 5.71. The van der Waals surface area contributed by atoms with Crippen LogP contribution in [-0.4, -0.2) is 39.0 Å². The van der Waals surface area contributed by atoms with Crippen LogP contribution in [0.25, 0.3) is 0 Å². The molecule has 3 heterocycles. The van der Waals surface area contributed by atoms with Crippen molar-refractivity contribution in [3.05, 3.63) is 11.9 Å². The predicted octanol–water partition coefficient (Wildman–Crippen LogP) is 0.192. The highest BCUT2D eigenvalue weighted by molar-refractivity contribution is 5.07. The molecule has 6 nitrogen and oxygen atoms in total. The van der Waals surface area contributed by atoms with Gasteiger partial charge in [-0.15, -0.1) is 5.10 Å². The van der Waals surface area contributed by atoms with E-state index in [-0.39, 0.29) is 6.04 Å². The van der Waals surface area contributed by atoms with Crippen molar-refractivity contribution >= 4 is 0 Å². The maximum atomic E-state index is 5.78. The number of piperidine rings is 1. The number of aryl methyl sites for hydroxylation is 1. The summed E-state index contributed by atoms with van der Waals surface area (Å²) >= 11 is 0. The maximum absolute atomic E-state index is 5.78. The van der Waals surface area contributed by atoms with E-state index in [2.05, 4.69) is 27.7 Å². The van der Waals surface area contributed by atoms with E-state index in [9.17, 15) is 0 Å². The second-order valence-corrected chi connectivity index (χ2v) is 5.71. The minimum absolute atomic E-state index is 0.168. The van der Waals surface area contributed by atoms with Crippen LogP contribution < -0.4 is 11.3 Å². The quantitative estimate of drug-likeness (QED) is 0.592. The third-order valence-corrected chi connectivity index (χ3v) is 4.85. The van der Waals surface area contributed by atoms with E-state index in [1.165, 1.54) is 25.7 Å². The molecule has 0 aromatic carbocycles. The Balaban J connectivity index is 1.80. The lowest BCUT2D eigenvalue weighted by Gasteiger charge is -2.39. The number of aromatic nitrogens is 3. The number of fused-ring (bicyclic) bond motifs is 2. The average Bonchev–Trinajstić information content (AvgIpc) is 2.84. The van der Waals surface area contributed by atoms with Gasteiger partial charge in [-0.25, -0.2) is 0 Å². The van der Waals surface area contributed by atoms with E-state index >= 15 is 0 Å². The average molecular weight is 250 g/mol. The number of nitrogens with one attached hydrogen (secondary N) is 1. The molecule has 18 heavy (non-hydrogen) atoms. The van der Waals surface area contributed by atoms with Gasteiger partial charge in [0.15, 0.2) is 0 Å². The lowest BCUT2D eigenvalue weighted by atomic mass is 9.84. The lowest BCUT2D eigenvalue weighted by molar-refractivity contribution is 0.110. The molecule has 0 radical (unpaired) electrons.